The third kappa shape index (κ3) is 2.73. The molecule has 6 heteroatoms. The van der Waals surface area contributed by atoms with Gasteiger partial charge < -0.3 is 19.5 Å². The minimum Gasteiger partial charge on any atom is -0.481 e. The summed E-state index contributed by atoms with van der Waals surface area (Å²) in [4.78, 5) is 10.1. The SMILES string of the molecule is COc1cc(OC)nc(N(C)C(C)CO)n1. The van der Waals surface area contributed by atoms with Crippen molar-refractivity contribution in [3.05, 3.63) is 6.07 Å². The smallest absolute Gasteiger partial charge is 0.232 e. The normalized spacial score (nSPS) is 12.1. The molecule has 0 fully saturated rings. The van der Waals surface area contributed by atoms with Crippen molar-refractivity contribution in [2.75, 3.05) is 32.8 Å². The zero-order valence-corrected chi connectivity index (χ0v) is 9.97. The summed E-state index contributed by atoms with van der Waals surface area (Å²) in [5.41, 5.74) is 0. The van der Waals surface area contributed by atoms with Gasteiger partial charge in [-0.3, -0.25) is 0 Å². The summed E-state index contributed by atoms with van der Waals surface area (Å²) in [6.07, 6.45) is 0. The summed E-state index contributed by atoms with van der Waals surface area (Å²) in [6, 6.07) is 1.53. The first kappa shape index (κ1) is 12.5. The molecule has 1 N–H and O–H groups in total. The number of aliphatic hydroxyl groups is 1. The monoisotopic (exact) mass is 227 g/mol. The van der Waals surface area contributed by atoms with E-state index in [-0.39, 0.29) is 12.6 Å². The Morgan fingerprint density at radius 3 is 2.19 bits per heavy atom. The van der Waals surface area contributed by atoms with Gasteiger partial charge in [-0.25, -0.2) is 0 Å². The molecule has 1 atom stereocenters. The molecule has 0 aromatic carbocycles. The summed E-state index contributed by atoms with van der Waals surface area (Å²) in [6.45, 7) is 1.90. The maximum atomic E-state index is 9.06. The van der Waals surface area contributed by atoms with Gasteiger partial charge in [0, 0.05) is 7.05 Å². The van der Waals surface area contributed by atoms with Crippen LogP contribution in [0.1, 0.15) is 6.92 Å². The molecule has 1 heterocycles. The fraction of sp³-hybridized carbons (Fsp3) is 0.600. The second-order valence-electron chi connectivity index (χ2n) is 3.40. The number of methoxy groups -OCH3 is 2. The highest BCUT2D eigenvalue weighted by atomic mass is 16.5. The topological polar surface area (TPSA) is 67.7 Å². The third-order valence-electron chi connectivity index (χ3n) is 2.33. The molecule has 1 rings (SSSR count). The van der Waals surface area contributed by atoms with Crippen LogP contribution >= 0.6 is 0 Å². The van der Waals surface area contributed by atoms with E-state index in [9.17, 15) is 0 Å². The molecule has 1 aromatic rings. The molecule has 1 unspecified atom stereocenters. The molecule has 16 heavy (non-hydrogen) atoms. The van der Waals surface area contributed by atoms with Gasteiger partial charge in [0.15, 0.2) is 0 Å². The van der Waals surface area contributed by atoms with Crippen LogP contribution in [0.5, 0.6) is 11.8 Å². The van der Waals surface area contributed by atoms with Gasteiger partial charge in [0.05, 0.1) is 32.9 Å². The molecule has 0 bridgehead atoms. The lowest BCUT2D eigenvalue weighted by atomic mass is 10.3. The largest absolute Gasteiger partial charge is 0.481 e. The summed E-state index contributed by atoms with van der Waals surface area (Å²) < 4.78 is 10.1. The number of ether oxygens (including phenoxy) is 2. The third-order valence-corrected chi connectivity index (χ3v) is 2.33. The first-order chi connectivity index (χ1) is 7.62. The van der Waals surface area contributed by atoms with Gasteiger partial charge in [-0.15, -0.1) is 0 Å². The molecule has 0 amide bonds. The average Bonchev–Trinajstić information content (AvgIpc) is 2.35. The van der Waals surface area contributed by atoms with Gasteiger partial charge in [0.2, 0.25) is 17.7 Å². The van der Waals surface area contributed by atoms with Crippen LogP contribution in [-0.2, 0) is 0 Å². The zero-order valence-electron chi connectivity index (χ0n) is 9.97. The number of anilines is 1. The Hall–Kier alpha value is -1.56. The molecule has 0 saturated carbocycles. The van der Waals surface area contributed by atoms with E-state index in [0.29, 0.717) is 17.7 Å². The molecule has 0 aliphatic rings. The molecule has 90 valence electrons. The van der Waals surface area contributed by atoms with E-state index in [0.717, 1.165) is 0 Å². The quantitative estimate of drug-likeness (QED) is 0.781. The number of likely N-dealkylation sites (N-methyl/N-ethyl adjacent to an activating group) is 1. The maximum Gasteiger partial charge on any atom is 0.232 e. The molecule has 1 aromatic heterocycles. The number of hydrogen-bond donors (Lipinski definition) is 1. The van der Waals surface area contributed by atoms with Crippen LogP contribution in [0.25, 0.3) is 0 Å². The van der Waals surface area contributed by atoms with Crippen molar-refractivity contribution in [2.24, 2.45) is 0 Å². The second-order valence-corrected chi connectivity index (χ2v) is 3.40. The number of nitrogens with zero attached hydrogens (tertiary/aromatic N) is 3. The van der Waals surface area contributed by atoms with Crippen LogP contribution in [-0.4, -0.2) is 49.0 Å². The Labute approximate surface area is 94.8 Å². The van der Waals surface area contributed by atoms with Crippen LogP contribution in [0.4, 0.5) is 5.95 Å². The molecular formula is C10H17N3O3. The first-order valence-corrected chi connectivity index (χ1v) is 4.93. The molecular weight excluding hydrogens is 210 g/mol. The minimum atomic E-state index is -0.0724. The van der Waals surface area contributed by atoms with E-state index >= 15 is 0 Å². The number of aromatic nitrogens is 2. The van der Waals surface area contributed by atoms with Gasteiger partial charge in [0.25, 0.3) is 0 Å². The van der Waals surface area contributed by atoms with Crippen molar-refractivity contribution < 1.29 is 14.6 Å². The first-order valence-electron chi connectivity index (χ1n) is 4.93. The summed E-state index contributed by atoms with van der Waals surface area (Å²) in [5.74, 6) is 1.32. The van der Waals surface area contributed by atoms with Crippen LogP contribution in [0, 0.1) is 0 Å². The Morgan fingerprint density at radius 1 is 1.31 bits per heavy atom. The van der Waals surface area contributed by atoms with Gasteiger partial charge in [0.1, 0.15) is 0 Å². The number of rotatable bonds is 5. The van der Waals surface area contributed by atoms with Crippen LogP contribution < -0.4 is 14.4 Å². The van der Waals surface area contributed by atoms with Gasteiger partial charge in [-0.05, 0) is 6.92 Å². The fourth-order valence-electron chi connectivity index (χ4n) is 1.08. The predicted octanol–water partition coefficient (Wildman–Crippen LogP) is 0.311. The highest BCUT2D eigenvalue weighted by molar-refractivity contribution is 5.36. The highest BCUT2D eigenvalue weighted by Crippen LogP contribution is 2.20. The van der Waals surface area contributed by atoms with Gasteiger partial charge >= 0.3 is 0 Å². The standard InChI is InChI=1S/C10H17N3O3/c1-7(6-14)13(2)10-11-8(15-3)5-9(12-10)16-4/h5,7,14H,6H2,1-4H3. The summed E-state index contributed by atoms with van der Waals surface area (Å²) in [5, 5.41) is 9.06. The van der Waals surface area contributed by atoms with E-state index < -0.39 is 0 Å². The van der Waals surface area contributed by atoms with Gasteiger partial charge in [-0.1, -0.05) is 0 Å². The zero-order chi connectivity index (χ0) is 12.1. The summed E-state index contributed by atoms with van der Waals surface area (Å²) in [7, 11) is 4.86. The lowest BCUT2D eigenvalue weighted by Gasteiger charge is -2.23. The average molecular weight is 227 g/mol. The van der Waals surface area contributed by atoms with Crippen LogP contribution in [0.15, 0.2) is 6.07 Å². The number of aliphatic hydroxyl groups excluding tert-OH is 1. The van der Waals surface area contributed by atoms with E-state index in [4.69, 9.17) is 14.6 Å². The van der Waals surface area contributed by atoms with E-state index in [1.54, 1.807) is 18.0 Å². The maximum absolute atomic E-state index is 9.06. The molecule has 0 saturated heterocycles. The molecule has 0 aliphatic heterocycles. The van der Waals surface area contributed by atoms with Crippen molar-refractivity contribution in [3.8, 4) is 11.8 Å². The Balaban J connectivity index is 3.02. The molecule has 0 spiro atoms. The van der Waals surface area contributed by atoms with Crippen molar-refractivity contribution in [1.29, 1.82) is 0 Å². The Kier molecular flexibility index (Phi) is 4.30. The van der Waals surface area contributed by atoms with Gasteiger partial charge in [-0.2, -0.15) is 9.97 Å². The Morgan fingerprint density at radius 2 is 1.81 bits per heavy atom. The van der Waals surface area contributed by atoms with Crippen molar-refractivity contribution >= 4 is 5.95 Å². The van der Waals surface area contributed by atoms with Crippen molar-refractivity contribution in [1.82, 2.24) is 9.97 Å². The van der Waals surface area contributed by atoms with E-state index in [1.165, 1.54) is 14.2 Å². The van der Waals surface area contributed by atoms with Crippen LogP contribution in [0.2, 0.25) is 0 Å². The fourth-order valence-corrected chi connectivity index (χ4v) is 1.08. The molecule has 0 aliphatic carbocycles. The highest BCUT2D eigenvalue weighted by Gasteiger charge is 2.14. The van der Waals surface area contributed by atoms with Crippen LogP contribution in [0.3, 0.4) is 0 Å². The van der Waals surface area contributed by atoms with Crippen molar-refractivity contribution in [3.63, 3.8) is 0 Å². The van der Waals surface area contributed by atoms with Crippen molar-refractivity contribution in [2.45, 2.75) is 13.0 Å². The number of hydrogen-bond acceptors (Lipinski definition) is 6. The van der Waals surface area contributed by atoms with E-state index in [1.807, 2.05) is 6.92 Å². The lowest BCUT2D eigenvalue weighted by molar-refractivity contribution is 0.268. The molecule has 0 radical (unpaired) electrons. The summed E-state index contributed by atoms with van der Waals surface area (Å²) >= 11 is 0. The second kappa shape index (κ2) is 5.50. The van der Waals surface area contributed by atoms with E-state index in [2.05, 4.69) is 9.97 Å². The molecule has 6 nitrogen and oxygen atoms in total. The Bertz CT molecular complexity index is 324. The minimum absolute atomic E-state index is 0.0272. The predicted molar refractivity (Wildman–Crippen MR) is 60.1 cm³/mol. The lowest BCUT2D eigenvalue weighted by Crippen LogP contribution is -2.33.